The first-order valence-corrected chi connectivity index (χ1v) is 7.05. The van der Waals surface area contributed by atoms with Gasteiger partial charge < -0.3 is 0 Å². The van der Waals surface area contributed by atoms with Crippen LogP contribution in [-0.4, -0.2) is 16.5 Å². The van der Waals surface area contributed by atoms with Crippen LogP contribution in [-0.2, 0) is 11.0 Å². The van der Waals surface area contributed by atoms with Crippen molar-refractivity contribution in [2.75, 3.05) is 5.75 Å². The predicted octanol–water partition coefficient (Wildman–Crippen LogP) is 4.28. The van der Waals surface area contributed by atoms with E-state index in [0.717, 1.165) is 6.07 Å². The highest BCUT2D eigenvalue weighted by atomic mass is 32.2. The topological polar surface area (TPSA) is 30.0 Å². The number of hydrogen-bond acceptors (Lipinski definition) is 3. The third-order valence-corrected chi connectivity index (χ3v) is 3.73. The van der Waals surface area contributed by atoms with E-state index in [2.05, 4.69) is 4.98 Å². The molecule has 2 nitrogen and oxygen atoms in total. The Morgan fingerprint density at radius 1 is 1.45 bits per heavy atom. The van der Waals surface area contributed by atoms with Crippen LogP contribution in [0.4, 0.5) is 13.2 Å². The van der Waals surface area contributed by atoms with Crippen molar-refractivity contribution in [3.8, 4) is 0 Å². The molecule has 0 aliphatic carbocycles. The summed E-state index contributed by atoms with van der Waals surface area (Å²) in [6, 6.07) is 2.43. The van der Waals surface area contributed by atoms with Crippen LogP contribution in [0.15, 0.2) is 29.3 Å². The number of alkyl halides is 3. The van der Waals surface area contributed by atoms with Gasteiger partial charge in [0.15, 0.2) is 5.78 Å². The van der Waals surface area contributed by atoms with Crippen LogP contribution in [0.5, 0.6) is 0 Å². The Morgan fingerprint density at radius 2 is 2.10 bits per heavy atom. The van der Waals surface area contributed by atoms with Gasteiger partial charge in [0.1, 0.15) is 0 Å². The third kappa shape index (κ3) is 5.36. The average Bonchev–Trinajstić information content (AvgIpc) is 2.32. The van der Waals surface area contributed by atoms with Gasteiger partial charge in [-0.25, -0.2) is 4.98 Å². The zero-order valence-electron chi connectivity index (χ0n) is 11.5. The van der Waals surface area contributed by atoms with Crippen LogP contribution in [0.25, 0.3) is 0 Å². The molecule has 0 aromatic carbocycles. The fourth-order valence-corrected chi connectivity index (χ4v) is 2.40. The van der Waals surface area contributed by atoms with Gasteiger partial charge in [0, 0.05) is 5.75 Å². The Labute approximate surface area is 120 Å². The van der Waals surface area contributed by atoms with Gasteiger partial charge in [-0.15, -0.1) is 11.8 Å². The van der Waals surface area contributed by atoms with Gasteiger partial charge in [0.25, 0.3) is 0 Å². The number of aromatic nitrogens is 1. The minimum atomic E-state index is -4.36. The van der Waals surface area contributed by atoms with E-state index in [1.54, 1.807) is 6.08 Å². The number of pyridine rings is 1. The number of allylic oxidation sites excluding steroid dienone is 2. The zero-order chi connectivity index (χ0) is 15.3. The normalized spacial score (nSPS) is 13.7. The second-order valence-corrected chi connectivity index (χ2v) is 5.58. The van der Waals surface area contributed by atoms with E-state index in [-0.39, 0.29) is 17.4 Å². The molecule has 0 saturated heterocycles. The second-order valence-electron chi connectivity index (χ2n) is 4.54. The van der Waals surface area contributed by atoms with Crippen molar-refractivity contribution in [2.24, 2.45) is 5.92 Å². The summed E-state index contributed by atoms with van der Waals surface area (Å²) in [7, 11) is 0. The fraction of sp³-hybridized carbons (Fsp3) is 0.429. The highest BCUT2D eigenvalue weighted by Crippen LogP contribution is 2.32. The van der Waals surface area contributed by atoms with E-state index in [1.807, 2.05) is 6.92 Å². The summed E-state index contributed by atoms with van der Waals surface area (Å²) in [5.74, 6) is 0.778. The van der Waals surface area contributed by atoms with Crippen molar-refractivity contribution in [3.63, 3.8) is 0 Å². The molecule has 0 aliphatic heterocycles. The fourth-order valence-electron chi connectivity index (χ4n) is 1.49. The van der Waals surface area contributed by atoms with Crippen molar-refractivity contribution < 1.29 is 18.0 Å². The third-order valence-electron chi connectivity index (χ3n) is 2.52. The van der Waals surface area contributed by atoms with E-state index in [9.17, 15) is 18.0 Å². The molecule has 0 fully saturated rings. The molecule has 6 heteroatoms. The van der Waals surface area contributed by atoms with Crippen LogP contribution in [0.2, 0.25) is 0 Å². The molecular weight excluding hydrogens is 287 g/mol. The maximum Gasteiger partial charge on any atom is 0.418 e. The largest absolute Gasteiger partial charge is 0.418 e. The lowest BCUT2D eigenvalue weighted by atomic mass is 10.2. The quantitative estimate of drug-likeness (QED) is 0.600. The summed E-state index contributed by atoms with van der Waals surface area (Å²) in [5, 5.41) is 0.554. The molecule has 1 aromatic heterocycles. The molecule has 0 N–H and O–H groups in total. The van der Waals surface area contributed by atoms with Gasteiger partial charge in [-0.2, -0.15) is 13.2 Å². The SMILES string of the molecule is CC(=O)/C=C/C(C)CSc1ccc(C(F)(F)F)c(C)n1. The van der Waals surface area contributed by atoms with Crippen molar-refractivity contribution in [3.05, 3.63) is 35.5 Å². The molecule has 1 heterocycles. The first-order valence-electron chi connectivity index (χ1n) is 6.06. The van der Waals surface area contributed by atoms with Gasteiger partial charge in [-0.05, 0) is 38.0 Å². The van der Waals surface area contributed by atoms with Gasteiger partial charge in [-0.3, -0.25) is 4.79 Å². The Hall–Kier alpha value is -1.30. The minimum Gasteiger partial charge on any atom is -0.295 e. The van der Waals surface area contributed by atoms with E-state index in [1.165, 1.54) is 37.8 Å². The molecule has 0 radical (unpaired) electrons. The van der Waals surface area contributed by atoms with Crippen molar-refractivity contribution in [1.82, 2.24) is 4.98 Å². The molecule has 20 heavy (non-hydrogen) atoms. The number of rotatable bonds is 5. The lowest BCUT2D eigenvalue weighted by Gasteiger charge is -2.11. The number of nitrogens with zero attached hydrogens (tertiary/aromatic N) is 1. The molecule has 1 atom stereocenters. The molecule has 1 aromatic rings. The molecule has 0 amide bonds. The summed E-state index contributed by atoms with van der Waals surface area (Å²) in [6.07, 6.45) is -1.08. The summed E-state index contributed by atoms with van der Waals surface area (Å²) in [5.41, 5.74) is -0.721. The standard InChI is InChI=1S/C14H16F3NOS/c1-9(4-5-10(2)19)8-20-13-7-6-12(11(3)18-13)14(15,16)17/h4-7,9H,8H2,1-3H3/b5-4+. The van der Waals surface area contributed by atoms with E-state index < -0.39 is 11.7 Å². The van der Waals surface area contributed by atoms with Crippen molar-refractivity contribution >= 4 is 17.5 Å². The summed E-state index contributed by atoms with van der Waals surface area (Å²) >= 11 is 1.37. The molecular formula is C14H16F3NOS. The maximum absolute atomic E-state index is 12.6. The Kier molecular flexibility index (Phi) is 5.80. The van der Waals surface area contributed by atoms with Crippen LogP contribution < -0.4 is 0 Å². The number of carbonyl (C=O) groups is 1. The highest BCUT2D eigenvalue weighted by molar-refractivity contribution is 7.99. The first-order chi connectivity index (χ1) is 9.20. The minimum absolute atomic E-state index is 0.0190. The summed E-state index contributed by atoms with van der Waals surface area (Å²) in [4.78, 5) is 14.7. The van der Waals surface area contributed by atoms with Crippen molar-refractivity contribution in [1.29, 1.82) is 0 Å². The van der Waals surface area contributed by atoms with E-state index in [0.29, 0.717) is 10.8 Å². The van der Waals surface area contributed by atoms with Gasteiger partial charge in [0.2, 0.25) is 0 Å². The molecule has 0 spiro atoms. The number of hydrogen-bond donors (Lipinski definition) is 0. The van der Waals surface area contributed by atoms with Gasteiger partial charge in [0.05, 0.1) is 16.3 Å². The molecule has 1 unspecified atom stereocenters. The van der Waals surface area contributed by atoms with Crippen LogP contribution >= 0.6 is 11.8 Å². The smallest absolute Gasteiger partial charge is 0.295 e. The molecule has 110 valence electrons. The van der Waals surface area contributed by atoms with Crippen molar-refractivity contribution in [2.45, 2.75) is 32.0 Å². The van der Waals surface area contributed by atoms with Gasteiger partial charge >= 0.3 is 6.18 Å². The number of ketones is 1. The maximum atomic E-state index is 12.6. The Bertz CT molecular complexity index is 512. The monoisotopic (exact) mass is 303 g/mol. The number of thioether (sulfide) groups is 1. The summed E-state index contributed by atoms with van der Waals surface area (Å²) < 4.78 is 37.7. The molecule has 1 rings (SSSR count). The molecule has 0 saturated carbocycles. The van der Waals surface area contributed by atoms with E-state index >= 15 is 0 Å². The zero-order valence-corrected chi connectivity index (χ0v) is 12.3. The lowest BCUT2D eigenvalue weighted by Crippen LogP contribution is -2.09. The first kappa shape index (κ1) is 16.8. The van der Waals surface area contributed by atoms with Crippen LogP contribution in [0, 0.1) is 12.8 Å². The number of halogens is 3. The Balaban J connectivity index is 2.67. The second kappa shape index (κ2) is 6.92. The Morgan fingerprint density at radius 3 is 2.60 bits per heavy atom. The van der Waals surface area contributed by atoms with Gasteiger partial charge in [-0.1, -0.05) is 13.0 Å². The predicted molar refractivity (Wildman–Crippen MR) is 73.7 cm³/mol. The molecule has 0 aliphatic rings. The van der Waals surface area contributed by atoms with Crippen LogP contribution in [0.3, 0.4) is 0 Å². The van der Waals surface area contributed by atoms with E-state index in [4.69, 9.17) is 0 Å². The molecule has 0 bridgehead atoms. The van der Waals surface area contributed by atoms with Crippen LogP contribution in [0.1, 0.15) is 25.1 Å². The highest BCUT2D eigenvalue weighted by Gasteiger charge is 2.32. The summed E-state index contributed by atoms with van der Waals surface area (Å²) in [6.45, 7) is 4.76. The number of aryl methyl sites for hydroxylation is 1. The lowest BCUT2D eigenvalue weighted by molar-refractivity contribution is -0.138. The number of carbonyl (C=O) groups excluding carboxylic acids is 1. The average molecular weight is 303 g/mol.